The predicted octanol–water partition coefficient (Wildman–Crippen LogP) is 3.18. The summed E-state index contributed by atoms with van der Waals surface area (Å²) in [6.45, 7) is 1.21. The van der Waals surface area contributed by atoms with Gasteiger partial charge in [0, 0.05) is 34.4 Å². The summed E-state index contributed by atoms with van der Waals surface area (Å²) in [5.74, 6) is 1.25. The van der Waals surface area contributed by atoms with Gasteiger partial charge in [-0.15, -0.1) is 0 Å². The van der Waals surface area contributed by atoms with Crippen LogP contribution in [0, 0.1) is 0 Å². The van der Waals surface area contributed by atoms with Crippen LogP contribution in [0.1, 0.15) is 24.5 Å². The van der Waals surface area contributed by atoms with Gasteiger partial charge in [-0.05, 0) is 25.0 Å². The highest BCUT2D eigenvalue weighted by Gasteiger charge is 2.23. The Morgan fingerprint density at radius 3 is 3.11 bits per heavy atom. The van der Waals surface area contributed by atoms with Crippen LogP contribution in [0.3, 0.4) is 0 Å². The van der Waals surface area contributed by atoms with E-state index in [0.717, 1.165) is 35.2 Å². The lowest BCUT2D eigenvalue weighted by molar-refractivity contribution is 0.241. The van der Waals surface area contributed by atoms with Crippen molar-refractivity contribution in [2.24, 2.45) is 0 Å². The first-order chi connectivity index (χ1) is 8.79. The highest BCUT2D eigenvalue weighted by molar-refractivity contribution is 9.10. The number of benzene rings is 1. The van der Waals surface area contributed by atoms with Crippen LogP contribution >= 0.6 is 15.9 Å². The van der Waals surface area contributed by atoms with Crippen molar-refractivity contribution in [3.8, 4) is 11.4 Å². The third kappa shape index (κ3) is 1.99. The fraction of sp³-hybridized carbons (Fsp3) is 0.357. The number of aliphatic hydroxyl groups is 1. The number of aromatic nitrogens is 2. The maximum Gasteiger partial charge on any atom is 0.140 e. The molecule has 0 aliphatic carbocycles. The Morgan fingerprint density at radius 2 is 2.33 bits per heavy atom. The highest BCUT2D eigenvalue weighted by Crippen LogP contribution is 2.32. The molecule has 0 spiro atoms. The third-order valence-electron chi connectivity index (χ3n) is 3.54. The van der Waals surface area contributed by atoms with E-state index < -0.39 is 0 Å². The largest absolute Gasteiger partial charge is 0.396 e. The van der Waals surface area contributed by atoms with Crippen LogP contribution in [0.15, 0.2) is 34.9 Å². The van der Waals surface area contributed by atoms with Gasteiger partial charge in [0.2, 0.25) is 0 Å². The van der Waals surface area contributed by atoms with Crippen molar-refractivity contribution in [2.75, 3.05) is 6.61 Å². The van der Waals surface area contributed by atoms with E-state index in [4.69, 9.17) is 0 Å². The van der Waals surface area contributed by atoms with Crippen LogP contribution in [-0.4, -0.2) is 21.3 Å². The first-order valence-electron chi connectivity index (χ1n) is 6.22. The summed E-state index contributed by atoms with van der Waals surface area (Å²) in [6.07, 6.45) is 4.08. The van der Waals surface area contributed by atoms with E-state index in [2.05, 4.69) is 37.6 Å². The summed E-state index contributed by atoms with van der Waals surface area (Å²) in [6, 6.07) is 8.19. The Kier molecular flexibility index (Phi) is 3.22. The van der Waals surface area contributed by atoms with Crippen molar-refractivity contribution in [1.29, 1.82) is 0 Å². The van der Waals surface area contributed by atoms with Crippen LogP contribution in [0.4, 0.5) is 0 Å². The fourth-order valence-electron chi connectivity index (χ4n) is 2.64. The first-order valence-corrected chi connectivity index (χ1v) is 7.01. The zero-order chi connectivity index (χ0) is 12.5. The predicted molar refractivity (Wildman–Crippen MR) is 74.4 cm³/mol. The quantitative estimate of drug-likeness (QED) is 0.925. The number of aliphatic hydroxyl groups excluding tert-OH is 1. The van der Waals surface area contributed by atoms with E-state index in [0.29, 0.717) is 0 Å². The van der Waals surface area contributed by atoms with Gasteiger partial charge in [0.25, 0.3) is 0 Å². The highest BCUT2D eigenvalue weighted by atomic mass is 79.9. The monoisotopic (exact) mass is 306 g/mol. The van der Waals surface area contributed by atoms with Gasteiger partial charge < -0.3 is 9.67 Å². The first kappa shape index (κ1) is 11.9. The minimum absolute atomic E-state index is 0.212. The second kappa shape index (κ2) is 4.86. The molecular weight excluding hydrogens is 292 g/mol. The Hall–Kier alpha value is -1.13. The molecule has 1 aliphatic heterocycles. The van der Waals surface area contributed by atoms with Crippen LogP contribution in [0.2, 0.25) is 0 Å². The molecule has 0 fully saturated rings. The number of rotatable bonds is 2. The second-order valence-electron chi connectivity index (χ2n) is 4.69. The minimum atomic E-state index is 0.212. The van der Waals surface area contributed by atoms with Crippen LogP contribution in [-0.2, 0) is 6.54 Å². The molecule has 18 heavy (non-hydrogen) atoms. The summed E-state index contributed by atoms with van der Waals surface area (Å²) in [7, 11) is 0. The van der Waals surface area contributed by atoms with Crippen molar-refractivity contribution in [3.63, 3.8) is 0 Å². The molecule has 1 atom stereocenters. The van der Waals surface area contributed by atoms with E-state index in [9.17, 15) is 5.11 Å². The molecule has 1 aromatic heterocycles. The molecule has 0 radical (unpaired) electrons. The van der Waals surface area contributed by atoms with Crippen molar-refractivity contribution < 1.29 is 5.11 Å². The normalized spacial score (nSPS) is 18.7. The molecule has 1 aromatic carbocycles. The van der Waals surface area contributed by atoms with Crippen molar-refractivity contribution >= 4 is 15.9 Å². The van der Waals surface area contributed by atoms with Gasteiger partial charge in [0.1, 0.15) is 5.82 Å². The van der Waals surface area contributed by atoms with E-state index in [-0.39, 0.29) is 12.5 Å². The SMILES string of the molecule is OCC1CCCn2c1cnc2-c1cccc(Br)c1. The lowest BCUT2D eigenvalue weighted by Gasteiger charge is -2.23. The number of hydrogen-bond acceptors (Lipinski definition) is 2. The van der Waals surface area contributed by atoms with Gasteiger partial charge in [-0.3, -0.25) is 0 Å². The molecule has 1 unspecified atom stereocenters. The zero-order valence-electron chi connectivity index (χ0n) is 10.0. The number of imidazole rings is 1. The molecule has 2 aromatic rings. The number of hydrogen-bond donors (Lipinski definition) is 1. The maximum atomic E-state index is 9.41. The number of nitrogens with zero attached hydrogens (tertiary/aromatic N) is 2. The van der Waals surface area contributed by atoms with E-state index in [1.165, 1.54) is 5.69 Å². The second-order valence-corrected chi connectivity index (χ2v) is 5.61. The number of fused-ring (bicyclic) bond motifs is 1. The standard InChI is InChI=1S/C14H15BrN2O/c15-12-5-1-3-10(7-12)14-16-8-13-11(9-18)4-2-6-17(13)14/h1,3,5,7-8,11,18H,2,4,6,9H2. The molecule has 0 bridgehead atoms. The van der Waals surface area contributed by atoms with E-state index >= 15 is 0 Å². The Balaban J connectivity index is 2.07. The maximum absolute atomic E-state index is 9.41. The molecule has 0 saturated carbocycles. The Morgan fingerprint density at radius 1 is 1.44 bits per heavy atom. The summed E-state index contributed by atoms with van der Waals surface area (Å²) in [4.78, 5) is 4.54. The van der Waals surface area contributed by atoms with Gasteiger partial charge >= 0.3 is 0 Å². The fourth-order valence-corrected chi connectivity index (χ4v) is 3.04. The number of halogens is 1. The molecule has 4 heteroatoms. The average molecular weight is 307 g/mol. The van der Waals surface area contributed by atoms with Crippen LogP contribution in [0.25, 0.3) is 11.4 Å². The molecule has 1 aliphatic rings. The third-order valence-corrected chi connectivity index (χ3v) is 4.04. The van der Waals surface area contributed by atoms with Gasteiger partial charge in [0.15, 0.2) is 0 Å². The topological polar surface area (TPSA) is 38.0 Å². The summed E-state index contributed by atoms with van der Waals surface area (Å²) < 4.78 is 3.30. The molecule has 94 valence electrons. The molecule has 1 N–H and O–H groups in total. The Bertz CT molecular complexity index is 565. The molecule has 0 saturated heterocycles. The minimum Gasteiger partial charge on any atom is -0.396 e. The van der Waals surface area contributed by atoms with Gasteiger partial charge in [-0.2, -0.15) is 0 Å². The van der Waals surface area contributed by atoms with Crippen molar-refractivity contribution in [1.82, 2.24) is 9.55 Å². The van der Waals surface area contributed by atoms with Gasteiger partial charge in [-0.1, -0.05) is 28.1 Å². The molecule has 3 nitrogen and oxygen atoms in total. The summed E-state index contributed by atoms with van der Waals surface area (Å²) in [5, 5.41) is 9.41. The Labute approximate surface area is 115 Å². The molecule has 2 heterocycles. The van der Waals surface area contributed by atoms with Crippen LogP contribution in [0.5, 0.6) is 0 Å². The molecule has 3 rings (SSSR count). The zero-order valence-corrected chi connectivity index (χ0v) is 11.6. The lowest BCUT2D eigenvalue weighted by Crippen LogP contribution is -2.18. The molecular formula is C14H15BrN2O. The molecule has 0 amide bonds. The van der Waals surface area contributed by atoms with E-state index in [1.807, 2.05) is 18.3 Å². The van der Waals surface area contributed by atoms with E-state index in [1.54, 1.807) is 0 Å². The van der Waals surface area contributed by atoms with Crippen molar-refractivity contribution in [2.45, 2.75) is 25.3 Å². The smallest absolute Gasteiger partial charge is 0.140 e. The lowest BCUT2D eigenvalue weighted by atomic mass is 9.97. The van der Waals surface area contributed by atoms with Gasteiger partial charge in [-0.25, -0.2) is 4.98 Å². The van der Waals surface area contributed by atoms with Crippen molar-refractivity contribution in [3.05, 3.63) is 40.6 Å². The summed E-state index contributed by atoms with van der Waals surface area (Å²) >= 11 is 3.49. The van der Waals surface area contributed by atoms with Crippen LogP contribution < -0.4 is 0 Å². The van der Waals surface area contributed by atoms with Gasteiger partial charge in [0.05, 0.1) is 6.61 Å². The average Bonchev–Trinajstić information content (AvgIpc) is 2.82. The summed E-state index contributed by atoms with van der Waals surface area (Å²) in [5.41, 5.74) is 2.29.